The van der Waals surface area contributed by atoms with Gasteiger partial charge in [-0.15, -0.1) is 0 Å². The molecule has 0 bridgehead atoms. The number of aromatic amines is 2. The molecule has 3 aromatic carbocycles. The molecule has 0 saturated carbocycles. The molecular weight excluding hydrogens is 1490 g/mol. The third kappa shape index (κ3) is 25.3. The normalized spacial score (nSPS) is 23.8. The number of carboxylic acid groups (broad SMARTS) is 4. The van der Waals surface area contributed by atoms with Crippen LogP contribution in [0.25, 0.3) is 21.8 Å². The SMILES string of the molecule is CCCC1OC1C(=O)N[C@@H](CO)C(=O)NC1C(=O)NC(Cc2c[nH]c3ccccc23)C(=O)N[C@@H](CC(=O)O)C(=O)NC(CC(=O)O)C(=O)N[C@H](Cc2ccc(O)cc2)C(=O)N[C@@H](CC(=O)O)C(=O)NCC(=O)N[C@H]([C@H](OP(=O)(O)O)C(N)=O)C(=O)NC(CCC(=O)O)C(=O)N[C@@H](Cc2c[nH]c3ccccc23)C(=O)N[C@@H]1C. The van der Waals surface area contributed by atoms with E-state index < -0.39 is 258 Å². The third-order valence-electron chi connectivity index (χ3n) is 17.3. The Morgan fingerprint density at radius 3 is 1.50 bits per heavy atom. The quantitative estimate of drug-likeness (QED) is 0.0181. The van der Waals surface area contributed by atoms with Gasteiger partial charge in [0.25, 0.3) is 5.91 Å². The van der Waals surface area contributed by atoms with Crippen LogP contribution in [0.15, 0.2) is 85.2 Å². The number of aliphatic carboxylic acids is 4. The number of phenols is 1. The maximum Gasteiger partial charge on any atom is 0.470 e. The summed E-state index contributed by atoms with van der Waals surface area (Å²) in [7, 11) is -5.99. The molecule has 2 aliphatic rings. The molecule has 44 heteroatoms. The number of aromatic nitrogens is 2. The number of carboxylic acids is 4. The molecule has 111 heavy (non-hydrogen) atoms. The lowest BCUT2D eigenvalue weighted by Gasteiger charge is -2.31. The first-order valence-electron chi connectivity index (χ1n) is 34.1. The number of carbonyl (C=O) groups excluding carboxylic acids is 13. The van der Waals surface area contributed by atoms with Crippen molar-refractivity contribution in [3.8, 4) is 5.75 Å². The van der Waals surface area contributed by atoms with Crippen LogP contribution in [0.3, 0.4) is 0 Å². The Hall–Kier alpha value is -12.4. The summed E-state index contributed by atoms with van der Waals surface area (Å²) in [4.78, 5) is 263. The van der Waals surface area contributed by atoms with Crippen LogP contribution in [0.4, 0.5) is 0 Å². The second-order valence-electron chi connectivity index (χ2n) is 25.7. The number of rotatable bonds is 26. The van der Waals surface area contributed by atoms with Crippen LogP contribution in [0.1, 0.15) is 75.5 Å². The number of carbonyl (C=O) groups is 17. The zero-order valence-corrected chi connectivity index (χ0v) is 59.8. The van der Waals surface area contributed by atoms with Crippen LogP contribution in [-0.2, 0) is 115 Å². The zero-order chi connectivity index (χ0) is 81.7. The summed E-state index contributed by atoms with van der Waals surface area (Å²) in [5.41, 5.74) is 6.88. The first-order chi connectivity index (χ1) is 52.4. The van der Waals surface area contributed by atoms with E-state index in [2.05, 4.69) is 51.7 Å². The Labute approximate surface area is 627 Å². The van der Waals surface area contributed by atoms with Gasteiger partial charge in [-0.2, -0.15) is 0 Å². The molecule has 43 nitrogen and oxygen atoms in total. The molecule has 2 aliphatic heterocycles. The number of primary amides is 1. The van der Waals surface area contributed by atoms with Crippen LogP contribution >= 0.6 is 7.82 Å². The van der Waals surface area contributed by atoms with Gasteiger partial charge < -0.3 is 125 Å². The van der Waals surface area contributed by atoms with Crippen molar-refractivity contribution in [2.24, 2.45) is 5.73 Å². The van der Waals surface area contributed by atoms with Crippen molar-refractivity contribution in [2.75, 3.05) is 13.2 Å². The van der Waals surface area contributed by atoms with E-state index in [0.717, 1.165) is 19.1 Å². The third-order valence-corrected chi connectivity index (χ3v) is 17.8. The maximum absolute atomic E-state index is 15.4. The van der Waals surface area contributed by atoms with Gasteiger partial charge in [0.15, 0.2) is 12.2 Å². The molecule has 2 fully saturated rings. The highest BCUT2D eigenvalue weighted by Gasteiger charge is 2.47. The zero-order valence-electron chi connectivity index (χ0n) is 58.9. The Kier molecular flexibility index (Phi) is 30.2. The van der Waals surface area contributed by atoms with Gasteiger partial charge in [-0.3, -0.25) is 86.0 Å². The molecule has 5 aromatic rings. The molecule has 0 aliphatic carbocycles. The van der Waals surface area contributed by atoms with Crippen LogP contribution in [0.2, 0.25) is 0 Å². The number of nitrogens with two attached hydrogens (primary N) is 1. The monoisotopic (exact) mass is 1580 g/mol. The Morgan fingerprint density at radius 2 is 1.02 bits per heavy atom. The number of para-hydroxylation sites is 2. The minimum Gasteiger partial charge on any atom is -0.508 e. The van der Waals surface area contributed by atoms with Gasteiger partial charge >= 0.3 is 31.7 Å². The molecular formula is C67H82N15O28P. The molecule has 598 valence electrons. The summed E-state index contributed by atoms with van der Waals surface area (Å²) < 4.78 is 22.3. The van der Waals surface area contributed by atoms with Crippen molar-refractivity contribution >= 4 is 130 Å². The summed E-state index contributed by atoms with van der Waals surface area (Å²) in [5.74, 6) is -27.1. The van der Waals surface area contributed by atoms with Crippen LogP contribution < -0.4 is 69.5 Å². The average molecular weight is 1580 g/mol. The molecule has 0 spiro atoms. The van der Waals surface area contributed by atoms with Gasteiger partial charge in [0.05, 0.1) is 44.6 Å². The summed E-state index contributed by atoms with van der Waals surface area (Å²) in [6, 6.07) is -6.78. The smallest absolute Gasteiger partial charge is 0.470 e. The summed E-state index contributed by atoms with van der Waals surface area (Å²) in [5, 5.41) is 87.7. The number of phosphoric acid groups is 1. The van der Waals surface area contributed by atoms with Crippen molar-refractivity contribution in [1.82, 2.24) is 73.8 Å². The number of phosphoric ester groups is 1. The highest BCUT2D eigenvalue weighted by atomic mass is 31.2. The average Bonchev–Trinajstić information content (AvgIpc) is 1.75. The van der Waals surface area contributed by atoms with Crippen molar-refractivity contribution in [3.63, 3.8) is 0 Å². The number of ether oxygens (including phenoxy) is 1. The van der Waals surface area contributed by atoms with Crippen LogP contribution in [0.5, 0.6) is 5.75 Å². The Morgan fingerprint density at radius 1 is 0.568 bits per heavy atom. The molecule has 14 atom stereocenters. The number of amides is 13. The first kappa shape index (κ1) is 85.8. The van der Waals surface area contributed by atoms with E-state index in [1.165, 1.54) is 24.5 Å². The summed E-state index contributed by atoms with van der Waals surface area (Å²) >= 11 is 0. The van der Waals surface area contributed by atoms with Gasteiger partial charge in [-0.05, 0) is 60.7 Å². The number of aliphatic hydroxyl groups excluding tert-OH is 1. The van der Waals surface area contributed by atoms with Crippen LogP contribution in [0, 0.1) is 0 Å². The number of hydrogen-bond acceptors (Lipinski definition) is 22. The van der Waals surface area contributed by atoms with Gasteiger partial charge in [-0.25, -0.2) is 4.57 Å². The van der Waals surface area contributed by atoms with E-state index in [1.54, 1.807) is 55.5 Å². The number of phenolic OH excluding ortho intramolecular Hbond substituents is 1. The van der Waals surface area contributed by atoms with E-state index in [4.69, 9.17) is 10.5 Å². The second kappa shape index (κ2) is 39.1. The number of aromatic hydroxyl groups is 1. The fourth-order valence-electron chi connectivity index (χ4n) is 11.7. The number of benzene rings is 3. The Balaban J connectivity index is 1.39. The van der Waals surface area contributed by atoms with E-state index >= 15 is 14.4 Å². The predicted molar refractivity (Wildman–Crippen MR) is 376 cm³/mol. The van der Waals surface area contributed by atoms with E-state index in [0.29, 0.717) is 34.6 Å². The fraction of sp³-hybridized carbons (Fsp3) is 0.418. The van der Waals surface area contributed by atoms with Gasteiger partial charge in [0.2, 0.25) is 70.9 Å². The Bertz CT molecular complexity index is 4410. The first-order valence-corrected chi connectivity index (χ1v) is 35.6. The number of aliphatic hydroxyl groups is 1. The van der Waals surface area contributed by atoms with E-state index in [1.807, 2.05) is 26.6 Å². The molecule has 24 N–H and O–H groups in total. The lowest BCUT2D eigenvalue weighted by molar-refractivity contribution is -0.144. The predicted octanol–water partition coefficient (Wildman–Crippen LogP) is -6.32. The standard InChI is InChI=1S/C67H82N15O28P/c1-3-8-46-54(109-46)67(105)80-45(28-83)64(102)82-52-29(2)72-59(97)40(20-31-25-69-36-11-6-4-9-34(31)36)75-58(96)38(17-18-48(86)87)73-66(104)53(55(56(68)94)110-111(106,107)108)81-47(85)27-71-57(95)42(22-49(88)89)76-60(98)39(19-30-13-15-33(84)16-14-30)74-62(100)43(23-50(90)91)78-63(101)44(24-51(92)93)77-61(99)41(79-65(52)103)21-32-26-70-37-12-7-5-10-35(32)37/h4-7,9-16,25-26,29,38-46,52-55,69-70,83-84H,3,8,17-24,27-28H2,1-2H3,(H2,68,94)(H,71,95)(H,72,97)(H,73,104)(H,74,100)(H,75,96)(H,76,98)(H,77,99)(H,78,101)(H,79,103)(H,80,105)(H,81,85)(H,82,102)(H,86,87)(H,88,89)(H,90,91)(H,92,93)(H2,106,107,108)/t29-,38?,39-,40+,41?,42+,43?,44+,45+,46?,52?,53-,54?,55+/m1/s1. The topological polar surface area (TPSA) is 693 Å². The molecule has 0 radical (unpaired) electrons. The highest BCUT2D eigenvalue weighted by molar-refractivity contribution is 7.46. The number of fused-ring (bicyclic) bond motifs is 2. The largest absolute Gasteiger partial charge is 0.508 e. The van der Waals surface area contributed by atoms with Crippen molar-refractivity contribution in [2.45, 2.75) is 163 Å². The lowest BCUT2D eigenvalue weighted by Crippen LogP contribution is -2.65. The van der Waals surface area contributed by atoms with Gasteiger partial charge in [-0.1, -0.05) is 61.9 Å². The van der Waals surface area contributed by atoms with Gasteiger partial charge in [0, 0.05) is 59.9 Å². The molecule has 7 rings (SSSR count). The second-order valence-corrected chi connectivity index (χ2v) is 26.9. The minimum absolute atomic E-state index is 0.0694. The molecule has 2 aromatic heterocycles. The van der Waals surface area contributed by atoms with Crippen molar-refractivity contribution in [3.05, 3.63) is 102 Å². The number of H-pyrrole nitrogens is 2. The highest BCUT2D eigenvalue weighted by Crippen LogP contribution is 2.38. The van der Waals surface area contributed by atoms with Crippen molar-refractivity contribution in [1.29, 1.82) is 0 Å². The van der Waals surface area contributed by atoms with Crippen molar-refractivity contribution < 1.29 is 136 Å². The molecule has 2 saturated heterocycles. The number of epoxide rings is 1. The minimum atomic E-state index is -5.99. The number of nitrogens with one attached hydrogen (secondary N) is 14. The molecule has 13 amide bonds. The maximum atomic E-state index is 15.4. The number of hydrogen-bond donors (Lipinski definition) is 23. The van der Waals surface area contributed by atoms with E-state index in [9.17, 15) is 112 Å². The van der Waals surface area contributed by atoms with E-state index in [-0.39, 0.29) is 22.4 Å². The molecule has 4 heterocycles. The summed E-state index contributed by atoms with van der Waals surface area (Å²) in [6.07, 6.45) is -8.89. The fourth-order valence-corrected chi connectivity index (χ4v) is 12.3. The van der Waals surface area contributed by atoms with Crippen LogP contribution in [-0.4, -0.2) is 249 Å². The summed E-state index contributed by atoms with van der Waals surface area (Å²) in [6.45, 7) is 0.277. The lowest BCUT2D eigenvalue weighted by atomic mass is 10.0. The van der Waals surface area contributed by atoms with Gasteiger partial charge in [0.1, 0.15) is 66.2 Å². The molecule has 6 unspecified atom stereocenters.